The molecule has 0 spiro atoms. The Kier molecular flexibility index (Phi) is 4.81. The largest absolute Gasteiger partial charge is 0.333 e. The molecule has 1 aliphatic heterocycles. The van der Waals surface area contributed by atoms with Crippen molar-refractivity contribution in [3.8, 4) is 0 Å². The highest BCUT2D eigenvalue weighted by Gasteiger charge is 2.27. The summed E-state index contributed by atoms with van der Waals surface area (Å²) in [7, 11) is 4.13. The quantitative estimate of drug-likeness (QED) is 0.925. The van der Waals surface area contributed by atoms with E-state index >= 15 is 0 Å². The van der Waals surface area contributed by atoms with Crippen LogP contribution < -0.4 is 5.32 Å². The lowest BCUT2D eigenvalue weighted by Crippen LogP contribution is -2.39. The molecule has 0 amide bonds. The van der Waals surface area contributed by atoms with Crippen LogP contribution in [0.25, 0.3) is 0 Å². The van der Waals surface area contributed by atoms with Gasteiger partial charge in [0.25, 0.3) is 0 Å². The van der Waals surface area contributed by atoms with Crippen molar-refractivity contribution in [2.75, 3.05) is 26.7 Å². The van der Waals surface area contributed by atoms with Gasteiger partial charge in [-0.1, -0.05) is 6.42 Å². The summed E-state index contributed by atoms with van der Waals surface area (Å²) in [6.45, 7) is 5.42. The summed E-state index contributed by atoms with van der Waals surface area (Å²) in [4.78, 5) is 7.12. The van der Waals surface area contributed by atoms with Gasteiger partial charge in [0.15, 0.2) is 0 Å². The summed E-state index contributed by atoms with van der Waals surface area (Å²) in [5, 5.41) is 3.32. The molecule has 0 aliphatic carbocycles. The van der Waals surface area contributed by atoms with E-state index < -0.39 is 0 Å². The molecule has 1 aromatic heterocycles. The Morgan fingerprint density at radius 3 is 2.50 bits per heavy atom. The molecule has 0 bridgehead atoms. The van der Waals surface area contributed by atoms with E-state index in [1.165, 1.54) is 38.0 Å². The van der Waals surface area contributed by atoms with Crippen LogP contribution >= 0.6 is 15.9 Å². The molecule has 1 fully saturated rings. The predicted molar refractivity (Wildman–Crippen MR) is 77.7 cm³/mol. The van der Waals surface area contributed by atoms with Gasteiger partial charge in [-0.15, -0.1) is 0 Å². The zero-order valence-corrected chi connectivity index (χ0v) is 13.1. The van der Waals surface area contributed by atoms with Gasteiger partial charge >= 0.3 is 0 Å². The second kappa shape index (κ2) is 6.17. The number of aromatic nitrogens is 2. The molecule has 1 atom stereocenters. The van der Waals surface area contributed by atoms with Gasteiger partial charge in [0.1, 0.15) is 10.4 Å². The molecular weight excluding hydrogens is 292 g/mol. The molecule has 2 rings (SSSR count). The Morgan fingerprint density at radius 1 is 1.33 bits per heavy atom. The first-order valence-corrected chi connectivity index (χ1v) is 7.51. The first-order valence-electron chi connectivity index (χ1n) is 6.72. The molecule has 5 heteroatoms. The van der Waals surface area contributed by atoms with Gasteiger partial charge in [-0.3, -0.25) is 4.90 Å². The van der Waals surface area contributed by atoms with Gasteiger partial charge in [0.2, 0.25) is 0 Å². The number of piperidine rings is 1. The minimum atomic E-state index is 0.413. The van der Waals surface area contributed by atoms with Gasteiger partial charge in [0.05, 0.1) is 11.7 Å². The van der Waals surface area contributed by atoms with Crippen molar-refractivity contribution < 1.29 is 0 Å². The van der Waals surface area contributed by atoms with Crippen LogP contribution in [0.5, 0.6) is 0 Å². The monoisotopic (exact) mass is 314 g/mol. The number of likely N-dealkylation sites (N-methyl/N-ethyl adjacent to an activating group) is 1. The molecule has 4 nitrogen and oxygen atoms in total. The van der Waals surface area contributed by atoms with Crippen LogP contribution in [0.3, 0.4) is 0 Å². The van der Waals surface area contributed by atoms with Crippen LogP contribution in [0.2, 0.25) is 0 Å². The molecule has 1 N–H and O–H groups in total. The van der Waals surface area contributed by atoms with E-state index in [1.807, 2.05) is 7.05 Å². The van der Waals surface area contributed by atoms with E-state index in [0.29, 0.717) is 6.04 Å². The molecule has 0 saturated carbocycles. The van der Waals surface area contributed by atoms with Gasteiger partial charge < -0.3 is 9.88 Å². The highest BCUT2D eigenvalue weighted by atomic mass is 79.9. The molecule has 18 heavy (non-hydrogen) atoms. The Balaban J connectivity index is 2.28. The van der Waals surface area contributed by atoms with E-state index in [9.17, 15) is 0 Å². The fourth-order valence-corrected chi connectivity index (χ4v) is 3.56. The normalized spacial score (nSPS) is 19.1. The summed E-state index contributed by atoms with van der Waals surface area (Å²) in [5.41, 5.74) is 1.30. The smallest absolute Gasteiger partial charge is 0.129 e. The number of halogens is 1. The third kappa shape index (κ3) is 2.78. The second-order valence-electron chi connectivity index (χ2n) is 5.06. The summed E-state index contributed by atoms with van der Waals surface area (Å²) in [5.74, 6) is 1.06. The number of aryl methyl sites for hydroxylation is 1. The molecule has 0 radical (unpaired) electrons. The zero-order valence-electron chi connectivity index (χ0n) is 11.5. The number of nitrogens with zero attached hydrogens (tertiary/aromatic N) is 3. The van der Waals surface area contributed by atoms with E-state index in [1.54, 1.807) is 0 Å². The molecule has 1 unspecified atom stereocenters. The van der Waals surface area contributed by atoms with Crippen LogP contribution in [0.4, 0.5) is 0 Å². The minimum absolute atomic E-state index is 0.413. The van der Waals surface area contributed by atoms with Crippen LogP contribution in [-0.4, -0.2) is 41.1 Å². The summed E-state index contributed by atoms with van der Waals surface area (Å²) in [6.07, 6.45) is 4.00. The van der Waals surface area contributed by atoms with E-state index in [-0.39, 0.29) is 0 Å². The fourth-order valence-electron chi connectivity index (χ4n) is 2.77. The third-order valence-electron chi connectivity index (χ3n) is 3.86. The zero-order chi connectivity index (χ0) is 13.1. The maximum Gasteiger partial charge on any atom is 0.129 e. The van der Waals surface area contributed by atoms with Crippen molar-refractivity contribution in [1.82, 2.24) is 19.8 Å². The number of imidazole rings is 1. The van der Waals surface area contributed by atoms with Crippen molar-refractivity contribution in [2.45, 2.75) is 32.2 Å². The maximum atomic E-state index is 4.53. The Labute approximate surface area is 118 Å². The van der Waals surface area contributed by atoms with Crippen molar-refractivity contribution in [1.29, 1.82) is 0 Å². The lowest BCUT2D eigenvalue weighted by molar-refractivity contribution is 0.156. The summed E-state index contributed by atoms with van der Waals surface area (Å²) >= 11 is 3.62. The van der Waals surface area contributed by atoms with Crippen LogP contribution in [0, 0.1) is 6.92 Å². The molecule has 2 heterocycles. The number of rotatable bonds is 4. The minimum Gasteiger partial charge on any atom is -0.333 e. The first kappa shape index (κ1) is 14.0. The number of hydrogen-bond donors (Lipinski definition) is 1. The molecule has 0 aromatic carbocycles. The number of nitrogens with one attached hydrogen (secondary N) is 1. The molecule has 1 aromatic rings. The van der Waals surface area contributed by atoms with Crippen LogP contribution in [0.15, 0.2) is 4.60 Å². The third-order valence-corrected chi connectivity index (χ3v) is 4.45. The van der Waals surface area contributed by atoms with Crippen molar-refractivity contribution in [2.24, 2.45) is 7.05 Å². The Bertz CT molecular complexity index is 396. The van der Waals surface area contributed by atoms with Crippen molar-refractivity contribution in [3.63, 3.8) is 0 Å². The summed E-state index contributed by atoms with van der Waals surface area (Å²) < 4.78 is 3.20. The van der Waals surface area contributed by atoms with Crippen molar-refractivity contribution in [3.05, 3.63) is 16.1 Å². The average Bonchev–Trinajstić information content (AvgIpc) is 2.62. The Hall–Kier alpha value is -0.390. The van der Waals surface area contributed by atoms with Gasteiger partial charge in [-0.05, 0) is 55.8 Å². The molecule has 1 aliphatic rings. The van der Waals surface area contributed by atoms with Crippen LogP contribution in [0.1, 0.15) is 36.8 Å². The van der Waals surface area contributed by atoms with Gasteiger partial charge in [-0.25, -0.2) is 4.98 Å². The lowest BCUT2D eigenvalue weighted by atomic mass is 10.1. The summed E-state index contributed by atoms with van der Waals surface area (Å²) in [6, 6.07) is 0.413. The standard InChI is InChI=1S/C13H23BrN4/c1-10-16-13(14)12(17(10)3)11(9-15-2)18-7-5-4-6-8-18/h11,15H,4-9H2,1-3H3. The Morgan fingerprint density at radius 2 is 2.00 bits per heavy atom. The maximum absolute atomic E-state index is 4.53. The molecule has 1 saturated heterocycles. The van der Waals surface area contributed by atoms with E-state index in [0.717, 1.165) is 17.0 Å². The van der Waals surface area contributed by atoms with Gasteiger partial charge in [-0.2, -0.15) is 0 Å². The van der Waals surface area contributed by atoms with Crippen molar-refractivity contribution >= 4 is 15.9 Å². The van der Waals surface area contributed by atoms with Crippen LogP contribution in [-0.2, 0) is 7.05 Å². The average molecular weight is 315 g/mol. The van der Waals surface area contributed by atoms with E-state index in [2.05, 4.69) is 49.7 Å². The fraction of sp³-hybridized carbons (Fsp3) is 0.769. The lowest BCUT2D eigenvalue weighted by Gasteiger charge is -2.34. The molecule has 102 valence electrons. The SMILES string of the molecule is CNCC(c1c(Br)nc(C)n1C)N1CCCCC1. The highest BCUT2D eigenvalue weighted by Crippen LogP contribution is 2.29. The second-order valence-corrected chi connectivity index (χ2v) is 5.82. The van der Waals surface area contributed by atoms with E-state index in [4.69, 9.17) is 0 Å². The first-order chi connectivity index (χ1) is 8.65. The molecular formula is C13H23BrN4. The predicted octanol–water partition coefficient (Wildman–Crippen LogP) is 2.24. The topological polar surface area (TPSA) is 33.1 Å². The highest BCUT2D eigenvalue weighted by molar-refractivity contribution is 9.10. The van der Waals surface area contributed by atoms with Gasteiger partial charge in [0, 0.05) is 13.6 Å². The number of likely N-dealkylation sites (tertiary alicyclic amines) is 1. The number of hydrogen-bond acceptors (Lipinski definition) is 3.